The number of aromatic hydroxyl groups is 1. The van der Waals surface area contributed by atoms with Gasteiger partial charge in [-0.1, -0.05) is 43.6 Å². The smallest absolute Gasteiger partial charge is 0.123 e. The fourth-order valence-corrected chi connectivity index (χ4v) is 1.59. The summed E-state index contributed by atoms with van der Waals surface area (Å²) in [5, 5.41) is 11.2. The molecule has 2 aromatic rings. The molecule has 0 aliphatic heterocycles. The highest BCUT2D eigenvalue weighted by atomic mass is 79.9. The van der Waals surface area contributed by atoms with Crippen LogP contribution in [-0.2, 0) is 0 Å². The van der Waals surface area contributed by atoms with Crippen molar-refractivity contribution in [3.8, 4) is 5.75 Å². The summed E-state index contributed by atoms with van der Waals surface area (Å²) in [4.78, 5) is 3.97. The molecule has 3 heteroatoms. The lowest BCUT2D eigenvalue weighted by molar-refractivity contribution is 0.481. The summed E-state index contributed by atoms with van der Waals surface area (Å²) in [5.41, 5.74) is 0. The number of rotatable bonds is 0. The number of halogens is 1. The molecule has 0 amide bonds. The Morgan fingerprint density at radius 2 is 1.62 bits per heavy atom. The highest BCUT2D eigenvalue weighted by Crippen LogP contribution is 2.29. The van der Waals surface area contributed by atoms with Crippen molar-refractivity contribution >= 4 is 26.7 Å². The SMILES string of the molecule is CC.CC.Oc1ccc(Br)c2cnccc12. The van der Waals surface area contributed by atoms with Crippen LogP contribution in [0.5, 0.6) is 5.75 Å². The summed E-state index contributed by atoms with van der Waals surface area (Å²) in [7, 11) is 0. The number of hydrogen-bond acceptors (Lipinski definition) is 2. The van der Waals surface area contributed by atoms with Gasteiger partial charge in [-0.05, 0) is 18.2 Å². The van der Waals surface area contributed by atoms with Crippen molar-refractivity contribution in [2.75, 3.05) is 0 Å². The van der Waals surface area contributed by atoms with Gasteiger partial charge >= 0.3 is 0 Å². The lowest BCUT2D eigenvalue weighted by atomic mass is 10.2. The normalized spacial score (nSPS) is 8.56. The molecule has 0 fully saturated rings. The van der Waals surface area contributed by atoms with Crippen LogP contribution in [0.4, 0.5) is 0 Å². The number of phenols is 1. The highest BCUT2D eigenvalue weighted by Gasteiger charge is 2.01. The molecule has 0 bridgehead atoms. The zero-order valence-electron chi connectivity index (χ0n) is 10.2. The summed E-state index contributed by atoms with van der Waals surface area (Å²) in [6.45, 7) is 8.00. The minimum absolute atomic E-state index is 0.288. The van der Waals surface area contributed by atoms with E-state index in [0.29, 0.717) is 0 Å². The molecule has 0 saturated heterocycles. The monoisotopic (exact) mass is 283 g/mol. The van der Waals surface area contributed by atoms with E-state index < -0.39 is 0 Å². The van der Waals surface area contributed by atoms with Gasteiger partial charge in [0.15, 0.2) is 0 Å². The molecule has 1 aromatic heterocycles. The molecule has 16 heavy (non-hydrogen) atoms. The number of hydrogen-bond donors (Lipinski definition) is 1. The van der Waals surface area contributed by atoms with Crippen LogP contribution in [0.15, 0.2) is 35.1 Å². The Morgan fingerprint density at radius 1 is 1.00 bits per heavy atom. The van der Waals surface area contributed by atoms with Crippen molar-refractivity contribution < 1.29 is 5.11 Å². The second-order valence-corrected chi connectivity index (χ2v) is 3.34. The van der Waals surface area contributed by atoms with Crippen LogP contribution in [-0.4, -0.2) is 10.1 Å². The standard InChI is InChI=1S/C9H6BrNO.2C2H6/c10-8-1-2-9(12)6-3-4-11-5-7(6)8;2*1-2/h1-5,12H;2*1-2H3. The summed E-state index contributed by atoms with van der Waals surface area (Å²) in [6.07, 6.45) is 3.38. The van der Waals surface area contributed by atoms with E-state index in [0.717, 1.165) is 15.2 Å². The molecule has 88 valence electrons. The van der Waals surface area contributed by atoms with Gasteiger partial charge in [0.2, 0.25) is 0 Å². The number of fused-ring (bicyclic) bond motifs is 1. The lowest BCUT2D eigenvalue weighted by Gasteiger charge is -2.00. The molecule has 2 nitrogen and oxygen atoms in total. The van der Waals surface area contributed by atoms with Crippen LogP contribution in [0, 0.1) is 0 Å². The van der Waals surface area contributed by atoms with Gasteiger partial charge in [-0.2, -0.15) is 0 Å². The molecular weight excluding hydrogens is 266 g/mol. The van der Waals surface area contributed by atoms with Crippen molar-refractivity contribution in [1.82, 2.24) is 4.98 Å². The first-order valence-corrected chi connectivity index (χ1v) is 6.29. The van der Waals surface area contributed by atoms with Crippen LogP contribution in [0.2, 0.25) is 0 Å². The maximum absolute atomic E-state index is 9.45. The van der Waals surface area contributed by atoms with E-state index in [2.05, 4.69) is 20.9 Å². The summed E-state index contributed by atoms with van der Waals surface area (Å²) < 4.78 is 0.948. The second kappa shape index (κ2) is 8.11. The average Bonchev–Trinajstić information content (AvgIpc) is 2.39. The predicted octanol–water partition coefficient (Wildman–Crippen LogP) is 4.76. The quantitative estimate of drug-likeness (QED) is 0.757. The first-order chi connectivity index (χ1) is 7.79. The summed E-state index contributed by atoms with van der Waals surface area (Å²) in [5.74, 6) is 0.288. The maximum atomic E-state index is 9.45. The molecule has 0 aliphatic rings. The number of phenolic OH excluding ortho intramolecular Hbond substituents is 1. The molecule has 0 unspecified atom stereocenters. The maximum Gasteiger partial charge on any atom is 0.123 e. The highest BCUT2D eigenvalue weighted by molar-refractivity contribution is 9.10. The first-order valence-electron chi connectivity index (χ1n) is 5.50. The number of pyridine rings is 1. The Labute approximate surface area is 105 Å². The van der Waals surface area contributed by atoms with Crippen molar-refractivity contribution in [3.05, 3.63) is 35.1 Å². The van der Waals surface area contributed by atoms with E-state index in [1.165, 1.54) is 0 Å². The van der Waals surface area contributed by atoms with E-state index in [9.17, 15) is 5.11 Å². The zero-order valence-corrected chi connectivity index (χ0v) is 11.7. The van der Waals surface area contributed by atoms with E-state index >= 15 is 0 Å². The van der Waals surface area contributed by atoms with Crippen molar-refractivity contribution in [2.24, 2.45) is 0 Å². The van der Waals surface area contributed by atoms with E-state index in [1.54, 1.807) is 30.6 Å². The molecule has 0 saturated carbocycles. The molecule has 1 aromatic carbocycles. The number of nitrogens with zero attached hydrogens (tertiary/aromatic N) is 1. The largest absolute Gasteiger partial charge is 0.507 e. The topological polar surface area (TPSA) is 33.1 Å². The molecule has 0 atom stereocenters. The van der Waals surface area contributed by atoms with E-state index in [-0.39, 0.29) is 5.75 Å². The minimum Gasteiger partial charge on any atom is -0.507 e. The molecule has 1 N–H and O–H groups in total. The van der Waals surface area contributed by atoms with Crippen LogP contribution in [0.1, 0.15) is 27.7 Å². The summed E-state index contributed by atoms with van der Waals surface area (Å²) in [6, 6.07) is 5.25. The fraction of sp³-hybridized carbons (Fsp3) is 0.308. The van der Waals surface area contributed by atoms with E-state index in [1.807, 2.05) is 27.7 Å². The predicted molar refractivity (Wildman–Crippen MR) is 73.8 cm³/mol. The van der Waals surface area contributed by atoms with Gasteiger partial charge in [-0.25, -0.2) is 0 Å². The van der Waals surface area contributed by atoms with Crippen LogP contribution in [0.3, 0.4) is 0 Å². The average molecular weight is 284 g/mol. The molecule has 0 spiro atoms. The Hall–Kier alpha value is -1.09. The Morgan fingerprint density at radius 3 is 2.19 bits per heavy atom. The fourth-order valence-electron chi connectivity index (χ4n) is 1.14. The Kier molecular flexibility index (Phi) is 7.56. The molecule has 2 rings (SSSR count). The van der Waals surface area contributed by atoms with Crippen LogP contribution in [0.25, 0.3) is 10.8 Å². The molecule has 0 aliphatic carbocycles. The summed E-state index contributed by atoms with van der Waals surface area (Å²) >= 11 is 3.38. The van der Waals surface area contributed by atoms with Gasteiger partial charge in [0.1, 0.15) is 5.75 Å². The van der Waals surface area contributed by atoms with Crippen molar-refractivity contribution in [3.63, 3.8) is 0 Å². The Balaban J connectivity index is 0.000000509. The van der Waals surface area contributed by atoms with E-state index in [4.69, 9.17) is 0 Å². The molecule has 0 radical (unpaired) electrons. The molecular formula is C13H18BrNO. The van der Waals surface area contributed by atoms with Gasteiger partial charge in [0, 0.05) is 27.6 Å². The number of benzene rings is 1. The first kappa shape index (κ1) is 14.9. The third-order valence-electron chi connectivity index (χ3n) is 1.74. The molecule has 1 heterocycles. The third-order valence-corrected chi connectivity index (χ3v) is 2.43. The van der Waals surface area contributed by atoms with Gasteiger partial charge in [-0.15, -0.1) is 0 Å². The minimum atomic E-state index is 0.288. The third kappa shape index (κ3) is 3.49. The van der Waals surface area contributed by atoms with Crippen LogP contribution < -0.4 is 0 Å². The zero-order chi connectivity index (χ0) is 12.6. The van der Waals surface area contributed by atoms with Gasteiger partial charge in [-0.3, -0.25) is 4.98 Å². The van der Waals surface area contributed by atoms with Crippen LogP contribution >= 0.6 is 15.9 Å². The Bertz CT molecular complexity index is 389. The number of aromatic nitrogens is 1. The van der Waals surface area contributed by atoms with Gasteiger partial charge < -0.3 is 5.11 Å². The van der Waals surface area contributed by atoms with Gasteiger partial charge in [0.25, 0.3) is 0 Å². The van der Waals surface area contributed by atoms with Crippen molar-refractivity contribution in [1.29, 1.82) is 0 Å². The van der Waals surface area contributed by atoms with Crippen molar-refractivity contribution in [2.45, 2.75) is 27.7 Å². The second-order valence-electron chi connectivity index (χ2n) is 2.49. The van der Waals surface area contributed by atoms with Gasteiger partial charge in [0.05, 0.1) is 0 Å². The lowest BCUT2D eigenvalue weighted by Crippen LogP contribution is -1.77.